The standard InChI is InChI=1S/C28H25NO3/c1-19-12-13-26-25(14-19)27(30)22(18-32-26)17-29(16-20-8-4-2-5-9-20)28(31)24-15-23(24)21-10-6-3-7-11-21/h2-14,18,23-24H,15-17H2,1H3. The van der Waals surface area contributed by atoms with E-state index in [9.17, 15) is 9.59 Å². The molecule has 3 aromatic carbocycles. The zero-order valence-corrected chi connectivity index (χ0v) is 18.0. The lowest BCUT2D eigenvalue weighted by Crippen LogP contribution is -2.33. The summed E-state index contributed by atoms with van der Waals surface area (Å²) in [6.07, 6.45) is 2.35. The lowest BCUT2D eigenvalue weighted by molar-refractivity contribution is -0.134. The summed E-state index contributed by atoms with van der Waals surface area (Å²) in [4.78, 5) is 28.5. The summed E-state index contributed by atoms with van der Waals surface area (Å²) >= 11 is 0. The summed E-state index contributed by atoms with van der Waals surface area (Å²) in [5.41, 5.74) is 4.24. The highest BCUT2D eigenvalue weighted by atomic mass is 16.3. The van der Waals surface area contributed by atoms with Gasteiger partial charge in [0.25, 0.3) is 0 Å². The maximum atomic E-state index is 13.5. The molecule has 4 aromatic rings. The van der Waals surface area contributed by atoms with Gasteiger partial charge in [-0.05, 0) is 42.5 Å². The number of hydrogen-bond donors (Lipinski definition) is 0. The predicted molar refractivity (Wildman–Crippen MR) is 125 cm³/mol. The van der Waals surface area contributed by atoms with Crippen molar-refractivity contribution in [3.8, 4) is 0 Å². The number of carbonyl (C=O) groups is 1. The summed E-state index contributed by atoms with van der Waals surface area (Å²) in [5, 5.41) is 0.559. The Bertz CT molecular complexity index is 1310. The van der Waals surface area contributed by atoms with Crippen LogP contribution in [0.15, 0.2) is 94.3 Å². The van der Waals surface area contributed by atoms with Crippen molar-refractivity contribution in [2.45, 2.75) is 32.4 Å². The van der Waals surface area contributed by atoms with E-state index in [0.29, 0.717) is 23.1 Å². The van der Waals surface area contributed by atoms with Gasteiger partial charge in [0.1, 0.15) is 5.58 Å². The number of aryl methyl sites for hydroxylation is 1. The number of nitrogens with zero attached hydrogens (tertiary/aromatic N) is 1. The van der Waals surface area contributed by atoms with E-state index in [0.717, 1.165) is 17.5 Å². The van der Waals surface area contributed by atoms with Crippen molar-refractivity contribution in [3.05, 3.63) is 118 Å². The molecule has 0 radical (unpaired) electrons. The summed E-state index contributed by atoms with van der Waals surface area (Å²) in [6.45, 7) is 2.65. The van der Waals surface area contributed by atoms with Crippen LogP contribution in [0.3, 0.4) is 0 Å². The fourth-order valence-electron chi connectivity index (χ4n) is 4.39. The SMILES string of the molecule is Cc1ccc2occ(CN(Cc3ccccc3)C(=O)C3CC3c3ccccc3)c(=O)c2c1. The molecule has 0 bridgehead atoms. The van der Waals surface area contributed by atoms with Gasteiger partial charge in [0.15, 0.2) is 5.43 Å². The first-order chi connectivity index (χ1) is 15.6. The Balaban J connectivity index is 1.44. The molecular formula is C28H25NO3. The molecule has 1 aliphatic rings. The molecule has 1 heterocycles. The molecular weight excluding hydrogens is 398 g/mol. The fourth-order valence-corrected chi connectivity index (χ4v) is 4.39. The highest BCUT2D eigenvalue weighted by Gasteiger charge is 2.45. The molecule has 1 saturated carbocycles. The van der Waals surface area contributed by atoms with Gasteiger partial charge in [-0.2, -0.15) is 0 Å². The average molecular weight is 424 g/mol. The van der Waals surface area contributed by atoms with Crippen LogP contribution in [0.4, 0.5) is 0 Å². The Labute approximate surface area is 187 Å². The van der Waals surface area contributed by atoms with Crippen molar-refractivity contribution >= 4 is 16.9 Å². The Kier molecular flexibility index (Phi) is 5.36. The second-order valence-corrected chi connectivity index (χ2v) is 8.63. The van der Waals surface area contributed by atoms with E-state index in [1.54, 1.807) is 4.90 Å². The number of fused-ring (bicyclic) bond motifs is 1. The highest BCUT2D eigenvalue weighted by molar-refractivity contribution is 5.83. The highest BCUT2D eigenvalue weighted by Crippen LogP contribution is 2.48. The number of benzene rings is 3. The molecule has 2 atom stereocenters. The van der Waals surface area contributed by atoms with Gasteiger partial charge in [0.2, 0.25) is 5.91 Å². The fraction of sp³-hybridized carbons (Fsp3) is 0.214. The van der Waals surface area contributed by atoms with Crippen LogP contribution in [-0.4, -0.2) is 10.8 Å². The Morgan fingerprint density at radius 1 is 0.969 bits per heavy atom. The van der Waals surface area contributed by atoms with Crippen LogP contribution >= 0.6 is 0 Å². The number of carbonyl (C=O) groups excluding carboxylic acids is 1. The number of amides is 1. The number of rotatable bonds is 6. The second kappa shape index (κ2) is 8.46. The Morgan fingerprint density at radius 2 is 1.69 bits per heavy atom. The topological polar surface area (TPSA) is 50.5 Å². The van der Waals surface area contributed by atoms with Gasteiger partial charge in [-0.25, -0.2) is 0 Å². The lowest BCUT2D eigenvalue weighted by atomic mass is 10.1. The smallest absolute Gasteiger partial charge is 0.226 e. The Hall–Kier alpha value is -3.66. The van der Waals surface area contributed by atoms with Crippen LogP contribution in [0.2, 0.25) is 0 Å². The molecule has 2 unspecified atom stereocenters. The van der Waals surface area contributed by atoms with Crippen LogP contribution in [0, 0.1) is 12.8 Å². The zero-order chi connectivity index (χ0) is 22.1. The molecule has 0 saturated heterocycles. The molecule has 32 heavy (non-hydrogen) atoms. The van der Waals surface area contributed by atoms with Gasteiger partial charge in [-0.1, -0.05) is 72.3 Å². The molecule has 1 aliphatic carbocycles. The van der Waals surface area contributed by atoms with E-state index in [1.165, 1.54) is 11.8 Å². The lowest BCUT2D eigenvalue weighted by Gasteiger charge is -2.23. The summed E-state index contributed by atoms with van der Waals surface area (Å²) in [7, 11) is 0. The van der Waals surface area contributed by atoms with Crippen molar-refractivity contribution in [3.63, 3.8) is 0 Å². The predicted octanol–water partition coefficient (Wildman–Crippen LogP) is 5.43. The third kappa shape index (κ3) is 4.09. The van der Waals surface area contributed by atoms with Crippen molar-refractivity contribution in [1.29, 1.82) is 0 Å². The van der Waals surface area contributed by atoms with Crippen molar-refractivity contribution in [2.75, 3.05) is 0 Å². The van der Waals surface area contributed by atoms with Gasteiger partial charge in [-0.15, -0.1) is 0 Å². The first kappa shape index (κ1) is 20.3. The maximum Gasteiger partial charge on any atom is 0.226 e. The van der Waals surface area contributed by atoms with E-state index < -0.39 is 0 Å². The van der Waals surface area contributed by atoms with E-state index in [2.05, 4.69) is 12.1 Å². The van der Waals surface area contributed by atoms with E-state index in [1.807, 2.05) is 73.7 Å². The van der Waals surface area contributed by atoms with E-state index in [4.69, 9.17) is 4.42 Å². The molecule has 5 rings (SSSR count). The van der Waals surface area contributed by atoms with Crippen LogP contribution in [-0.2, 0) is 17.9 Å². The van der Waals surface area contributed by atoms with Crippen LogP contribution in [0.25, 0.3) is 11.0 Å². The largest absolute Gasteiger partial charge is 0.464 e. The van der Waals surface area contributed by atoms with Crippen LogP contribution in [0.5, 0.6) is 0 Å². The third-order valence-electron chi connectivity index (χ3n) is 6.22. The minimum Gasteiger partial charge on any atom is -0.464 e. The van der Waals surface area contributed by atoms with Gasteiger partial charge < -0.3 is 9.32 Å². The molecule has 0 aliphatic heterocycles. The van der Waals surface area contributed by atoms with Crippen molar-refractivity contribution in [2.24, 2.45) is 5.92 Å². The molecule has 1 fully saturated rings. The molecule has 1 amide bonds. The quantitative estimate of drug-likeness (QED) is 0.415. The normalized spacial score (nSPS) is 17.3. The minimum absolute atomic E-state index is 0.0455. The summed E-state index contributed by atoms with van der Waals surface area (Å²) in [5.74, 6) is 0.292. The van der Waals surface area contributed by atoms with Gasteiger partial charge in [-0.3, -0.25) is 9.59 Å². The van der Waals surface area contributed by atoms with E-state index >= 15 is 0 Å². The first-order valence-corrected chi connectivity index (χ1v) is 11.0. The molecule has 0 spiro atoms. The Morgan fingerprint density at radius 3 is 2.44 bits per heavy atom. The average Bonchev–Trinajstić information content (AvgIpc) is 3.62. The number of hydrogen-bond acceptors (Lipinski definition) is 3. The molecule has 4 nitrogen and oxygen atoms in total. The van der Waals surface area contributed by atoms with Gasteiger partial charge in [0.05, 0.1) is 23.8 Å². The monoisotopic (exact) mass is 423 g/mol. The van der Waals surface area contributed by atoms with Gasteiger partial charge >= 0.3 is 0 Å². The first-order valence-electron chi connectivity index (χ1n) is 11.0. The molecule has 160 valence electrons. The molecule has 4 heteroatoms. The second-order valence-electron chi connectivity index (χ2n) is 8.63. The zero-order valence-electron chi connectivity index (χ0n) is 18.0. The minimum atomic E-state index is -0.0729. The van der Waals surface area contributed by atoms with Crippen molar-refractivity contribution < 1.29 is 9.21 Å². The molecule has 1 aromatic heterocycles. The van der Waals surface area contributed by atoms with Gasteiger partial charge in [0, 0.05) is 12.5 Å². The van der Waals surface area contributed by atoms with Crippen LogP contribution in [0.1, 0.15) is 34.6 Å². The summed E-state index contributed by atoms with van der Waals surface area (Å²) in [6, 6.07) is 25.7. The van der Waals surface area contributed by atoms with Crippen molar-refractivity contribution in [1.82, 2.24) is 4.90 Å². The summed E-state index contributed by atoms with van der Waals surface area (Å²) < 4.78 is 5.74. The van der Waals surface area contributed by atoms with Crippen LogP contribution < -0.4 is 5.43 Å². The van der Waals surface area contributed by atoms with E-state index in [-0.39, 0.29) is 29.7 Å². The third-order valence-corrected chi connectivity index (χ3v) is 6.22. The molecule has 0 N–H and O–H groups in total. The maximum absolute atomic E-state index is 13.5.